The Hall–Kier alpha value is -1.59. The highest BCUT2D eigenvalue weighted by Gasteiger charge is 2.68. The van der Waals surface area contributed by atoms with Gasteiger partial charge in [-0.3, -0.25) is 0 Å². The number of hydrogen-bond donors (Lipinski definition) is 0. The molecule has 0 atom stereocenters. The van der Waals surface area contributed by atoms with Crippen LogP contribution in [0.1, 0.15) is 18.9 Å². The van der Waals surface area contributed by atoms with Crippen molar-refractivity contribution >= 4 is 28.9 Å². The van der Waals surface area contributed by atoms with E-state index in [-0.39, 0.29) is 0 Å². The summed E-state index contributed by atoms with van der Waals surface area (Å²) < 4.78 is 179. The van der Waals surface area contributed by atoms with Gasteiger partial charge in [-0.05, 0) is 12.5 Å². The number of aryl methyl sites for hydroxylation is 1. The van der Waals surface area contributed by atoms with Gasteiger partial charge in [0.2, 0.25) is 6.17 Å². The Morgan fingerprint density at radius 2 is 1.21 bits per heavy atom. The molecule has 0 saturated heterocycles. The predicted octanol–water partition coefficient (Wildman–Crippen LogP) is 3.67. The Morgan fingerprint density at radius 3 is 1.53 bits per heavy atom. The van der Waals surface area contributed by atoms with Crippen LogP contribution < -0.4 is 4.57 Å². The Balaban J connectivity index is 0.000000735. The third kappa shape index (κ3) is 8.45. The molecular formula is C16H22F10N2O7S2Si. The standard InChI is InChI=1S/C12H22NO3Si.C4F10NO4S2/c1-5-7-12-8-6-9-13(10-12)11-17(14-2,15-3)16-4;5-1(6,7)3(11,12)20(16,17)15-21(18,19)4(13,14)2(8,9)10/h6,8-10H,5,7,11H2,1-4H3;/q+1;-1. The monoisotopic (exact) mass is 636 g/mol. The maximum absolute atomic E-state index is 12.3. The molecule has 22 heteroatoms. The molecule has 1 rings (SSSR count). The fraction of sp³-hybridized carbons (Fsp3) is 0.688. The molecule has 0 aliphatic carbocycles. The first kappa shape index (κ1) is 36.4. The molecular weight excluding hydrogens is 614 g/mol. The first-order valence-corrected chi connectivity index (χ1v) is 14.5. The summed E-state index contributed by atoms with van der Waals surface area (Å²) in [5, 5.41) is -14.0. The number of sulfonamides is 2. The summed E-state index contributed by atoms with van der Waals surface area (Å²) in [6.07, 6.45) is -7.00. The Bertz CT molecular complexity index is 1060. The van der Waals surface area contributed by atoms with E-state index in [1.807, 2.05) is 12.3 Å². The van der Waals surface area contributed by atoms with Crippen LogP contribution in [0.4, 0.5) is 43.9 Å². The van der Waals surface area contributed by atoms with E-state index in [9.17, 15) is 60.7 Å². The SMILES string of the molecule is CCCc1ccc[n+](C[Si](OC)(OC)OC)c1.O=S(=O)([N-]S(=O)(=O)C(F)(F)C(F)(F)F)C(F)(F)C(F)(F)F. The van der Waals surface area contributed by atoms with Gasteiger partial charge in [-0.2, -0.15) is 48.5 Å². The molecule has 0 fully saturated rings. The van der Waals surface area contributed by atoms with Crippen LogP contribution in [-0.4, -0.2) is 69.8 Å². The lowest BCUT2D eigenvalue weighted by Crippen LogP contribution is -2.56. The second-order valence-corrected chi connectivity index (χ2v) is 13.4. The van der Waals surface area contributed by atoms with Crippen LogP contribution in [0.25, 0.3) is 4.13 Å². The average molecular weight is 637 g/mol. The Kier molecular flexibility index (Phi) is 12.2. The van der Waals surface area contributed by atoms with Crippen LogP contribution >= 0.6 is 0 Å². The zero-order valence-corrected chi connectivity index (χ0v) is 22.4. The third-order valence-electron chi connectivity index (χ3n) is 4.27. The molecule has 0 saturated carbocycles. The van der Waals surface area contributed by atoms with Gasteiger partial charge in [0.1, 0.15) is 0 Å². The first-order chi connectivity index (χ1) is 16.9. The van der Waals surface area contributed by atoms with Gasteiger partial charge in [-0.1, -0.05) is 13.3 Å². The van der Waals surface area contributed by atoms with Crippen molar-refractivity contribution in [1.29, 1.82) is 0 Å². The van der Waals surface area contributed by atoms with Crippen LogP contribution in [0.2, 0.25) is 0 Å². The molecule has 0 spiro atoms. The lowest BCUT2D eigenvalue weighted by atomic mass is 10.2. The largest absolute Gasteiger partial charge is 0.569 e. The summed E-state index contributed by atoms with van der Waals surface area (Å²) in [6.45, 7) is 2.18. The van der Waals surface area contributed by atoms with Crippen molar-refractivity contribution in [3.05, 3.63) is 34.2 Å². The van der Waals surface area contributed by atoms with Crippen LogP contribution in [0, 0.1) is 0 Å². The summed E-state index contributed by atoms with van der Waals surface area (Å²) >= 11 is 0. The molecule has 38 heavy (non-hydrogen) atoms. The van der Waals surface area contributed by atoms with E-state index < -0.39 is 51.7 Å². The van der Waals surface area contributed by atoms with Crippen molar-refractivity contribution in [2.24, 2.45) is 0 Å². The summed E-state index contributed by atoms with van der Waals surface area (Å²) in [5.74, 6) is 0. The quantitative estimate of drug-likeness (QED) is 0.207. The lowest BCUT2D eigenvalue weighted by Gasteiger charge is -2.31. The molecule has 0 aliphatic rings. The van der Waals surface area contributed by atoms with Gasteiger partial charge < -0.3 is 17.4 Å². The third-order valence-corrected chi connectivity index (χ3v) is 10.2. The number of hydrogen-bond acceptors (Lipinski definition) is 7. The van der Waals surface area contributed by atoms with Gasteiger partial charge >= 0.3 is 31.7 Å². The predicted molar refractivity (Wildman–Crippen MR) is 111 cm³/mol. The molecule has 9 nitrogen and oxygen atoms in total. The van der Waals surface area contributed by atoms with Crippen LogP contribution in [-0.2, 0) is 45.9 Å². The van der Waals surface area contributed by atoms with Crippen LogP contribution in [0.5, 0.6) is 0 Å². The van der Waals surface area contributed by atoms with E-state index >= 15 is 0 Å². The second kappa shape index (κ2) is 12.7. The highest BCUT2D eigenvalue weighted by Crippen LogP contribution is 2.47. The number of rotatable bonds is 11. The van der Waals surface area contributed by atoms with Gasteiger partial charge in [0.15, 0.2) is 32.4 Å². The van der Waals surface area contributed by atoms with Gasteiger partial charge in [0, 0.05) is 33.0 Å². The second-order valence-electron chi connectivity index (χ2n) is 6.98. The summed E-state index contributed by atoms with van der Waals surface area (Å²) in [5.41, 5.74) is 1.32. The molecule has 1 aromatic rings. The Morgan fingerprint density at radius 1 is 0.816 bits per heavy atom. The fourth-order valence-corrected chi connectivity index (χ4v) is 6.19. The Labute approximate surface area is 212 Å². The summed E-state index contributed by atoms with van der Waals surface area (Å²) in [4.78, 5) is 0. The lowest BCUT2D eigenvalue weighted by molar-refractivity contribution is -0.685. The van der Waals surface area contributed by atoms with Crippen molar-refractivity contribution < 1.29 is 78.6 Å². The van der Waals surface area contributed by atoms with Crippen molar-refractivity contribution in [2.45, 2.75) is 48.8 Å². The molecule has 0 radical (unpaired) electrons. The molecule has 0 aliphatic heterocycles. The minimum Gasteiger partial charge on any atom is -0.425 e. The van der Waals surface area contributed by atoms with E-state index in [1.54, 1.807) is 21.3 Å². The van der Waals surface area contributed by atoms with Crippen molar-refractivity contribution in [3.63, 3.8) is 0 Å². The molecule has 0 N–H and O–H groups in total. The zero-order valence-electron chi connectivity index (χ0n) is 19.8. The van der Waals surface area contributed by atoms with Crippen LogP contribution in [0.15, 0.2) is 24.5 Å². The van der Waals surface area contributed by atoms with Gasteiger partial charge in [-0.15, -0.1) is 0 Å². The highest BCUT2D eigenvalue weighted by molar-refractivity contribution is 8.13. The minimum atomic E-state index is -7.62. The molecule has 0 bridgehead atoms. The van der Waals surface area contributed by atoms with Gasteiger partial charge in [-0.25, -0.2) is 16.8 Å². The maximum atomic E-state index is 12.3. The summed E-state index contributed by atoms with van der Waals surface area (Å²) in [6, 6.07) is 4.18. The van der Waals surface area contributed by atoms with E-state index in [2.05, 4.69) is 23.8 Å². The normalized spacial score (nSPS) is 14.2. The van der Waals surface area contributed by atoms with Crippen molar-refractivity contribution in [2.75, 3.05) is 21.3 Å². The average Bonchev–Trinajstić information content (AvgIpc) is 2.76. The van der Waals surface area contributed by atoms with Crippen molar-refractivity contribution in [1.82, 2.24) is 0 Å². The molecule has 224 valence electrons. The van der Waals surface area contributed by atoms with E-state index in [1.165, 1.54) is 5.56 Å². The smallest absolute Gasteiger partial charge is 0.425 e. The molecule has 0 amide bonds. The molecule has 1 heterocycles. The number of alkyl halides is 10. The van der Waals surface area contributed by atoms with Crippen LogP contribution in [0.3, 0.4) is 0 Å². The van der Waals surface area contributed by atoms with E-state index in [0.29, 0.717) is 10.3 Å². The molecule has 0 unspecified atom stereocenters. The maximum Gasteiger partial charge on any atom is 0.569 e. The number of aromatic nitrogens is 1. The van der Waals surface area contributed by atoms with E-state index in [0.717, 1.165) is 12.8 Å². The number of pyridine rings is 1. The molecule has 1 aromatic heterocycles. The minimum absolute atomic E-state index is 0.422. The zero-order chi connectivity index (χ0) is 30.4. The highest BCUT2D eigenvalue weighted by atomic mass is 32.3. The number of nitrogens with zero attached hydrogens (tertiary/aromatic N) is 2. The summed E-state index contributed by atoms with van der Waals surface area (Å²) in [7, 11) is -12.9. The van der Waals surface area contributed by atoms with Crippen molar-refractivity contribution in [3.8, 4) is 0 Å². The van der Waals surface area contributed by atoms with Gasteiger partial charge in [0.25, 0.3) is 0 Å². The fourth-order valence-electron chi connectivity index (χ4n) is 2.29. The number of halogens is 10. The topological polar surface area (TPSA) is 114 Å². The molecule has 0 aromatic carbocycles. The van der Waals surface area contributed by atoms with E-state index in [4.69, 9.17) is 13.3 Å². The van der Waals surface area contributed by atoms with Gasteiger partial charge in [0.05, 0.1) is 0 Å². The first-order valence-electron chi connectivity index (χ1n) is 9.66.